The van der Waals surface area contributed by atoms with Crippen molar-refractivity contribution < 1.29 is 19.1 Å². The summed E-state index contributed by atoms with van der Waals surface area (Å²) in [7, 11) is 3.30. The van der Waals surface area contributed by atoms with Gasteiger partial charge in [-0.2, -0.15) is 0 Å². The van der Waals surface area contributed by atoms with Crippen molar-refractivity contribution in [3.63, 3.8) is 0 Å². The highest BCUT2D eigenvalue weighted by Crippen LogP contribution is 2.24. The van der Waals surface area contributed by atoms with Crippen molar-refractivity contribution in [1.29, 1.82) is 0 Å². The normalized spacial score (nSPS) is 20.5. The Morgan fingerprint density at radius 2 is 1.92 bits per heavy atom. The first kappa shape index (κ1) is 18.7. The molecule has 3 rings (SSSR count). The molecule has 2 amide bonds. The number of likely N-dealkylation sites (tertiary alicyclic amines) is 1. The molecular formula is C20H28N2O4. The third kappa shape index (κ3) is 4.18. The molecule has 6 nitrogen and oxygen atoms in total. The summed E-state index contributed by atoms with van der Waals surface area (Å²) in [5.74, 6) is 1.07. The highest BCUT2D eigenvalue weighted by atomic mass is 16.5. The number of benzene rings is 1. The monoisotopic (exact) mass is 360 g/mol. The largest absolute Gasteiger partial charge is 0.497 e. The second-order valence-electron chi connectivity index (χ2n) is 7.03. The van der Waals surface area contributed by atoms with Gasteiger partial charge in [0.25, 0.3) is 0 Å². The van der Waals surface area contributed by atoms with E-state index in [9.17, 15) is 9.59 Å². The fourth-order valence-corrected chi connectivity index (χ4v) is 3.84. The maximum absolute atomic E-state index is 13.0. The molecule has 1 atom stereocenters. The number of carbonyl (C=O) groups is 2. The molecule has 0 aliphatic carbocycles. The second-order valence-corrected chi connectivity index (χ2v) is 7.03. The Morgan fingerprint density at radius 1 is 1.15 bits per heavy atom. The van der Waals surface area contributed by atoms with Gasteiger partial charge >= 0.3 is 0 Å². The number of hydrogen-bond donors (Lipinski definition) is 0. The molecule has 1 saturated heterocycles. The number of carbonyl (C=O) groups excluding carboxylic acids is 2. The number of fused-ring (bicyclic) bond motifs is 1. The van der Waals surface area contributed by atoms with Gasteiger partial charge in [0.2, 0.25) is 11.8 Å². The van der Waals surface area contributed by atoms with Gasteiger partial charge in [0.1, 0.15) is 5.75 Å². The Balaban J connectivity index is 1.62. The minimum atomic E-state index is -0.0969. The lowest BCUT2D eigenvalue weighted by atomic mass is 9.96. The molecule has 2 aliphatic heterocycles. The van der Waals surface area contributed by atoms with Crippen LogP contribution < -0.4 is 4.74 Å². The van der Waals surface area contributed by atoms with Gasteiger partial charge in [-0.05, 0) is 42.5 Å². The molecule has 0 radical (unpaired) electrons. The molecule has 2 aliphatic rings. The minimum absolute atomic E-state index is 0.0969. The molecule has 26 heavy (non-hydrogen) atoms. The van der Waals surface area contributed by atoms with Crippen LogP contribution in [0.15, 0.2) is 18.2 Å². The van der Waals surface area contributed by atoms with E-state index in [-0.39, 0.29) is 17.7 Å². The molecular weight excluding hydrogens is 332 g/mol. The van der Waals surface area contributed by atoms with E-state index < -0.39 is 0 Å². The van der Waals surface area contributed by atoms with Crippen LogP contribution in [0.1, 0.15) is 24.0 Å². The van der Waals surface area contributed by atoms with Crippen LogP contribution in [0.5, 0.6) is 5.75 Å². The first-order chi connectivity index (χ1) is 12.6. The van der Waals surface area contributed by atoms with Crippen molar-refractivity contribution in [2.75, 3.05) is 47.0 Å². The van der Waals surface area contributed by atoms with Crippen molar-refractivity contribution in [2.24, 2.45) is 5.92 Å². The standard InChI is InChI=1S/C20H28N2O4/c1-25-12-11-22-14-17(4-6-19(22)23)20(24)21-9-7-15-3-5-18(26-2)13-16(15)8-10-21/h3,5,13,17H,4,6-12,14H2,1-2H3/t17-/m0/s1. The number of rotatable bonds is 5. The molecule has 0 N–H and O–H groups in total. The smallest absolute Gasteiger partial charge is 0.227 e. The van der Waals surface area contributed by atoms with Gasteiger partial charge in [0, 0.05) is 39.7 Å². The lowest BCUT2D eigenvalue weighted by Crippen LogP contribution is -2.48. The number of amides is 2. The summed E-state index contributed by atoms with van der Waals surface area (Å²) in [5.41, 5.74) is 2.56. The molecule has 2 heterocycles. The molecule has 142 valence electrons. The van der Waals surface area contributed by atoms with Crippen LogP contribution in [0, 0.1) is 5.92 Å². The highest BCUT2D eigenvalue weighted by molar-refractivity contribution is 5.84. The topological polar surface area (TPSA) is 59.1 Å². The molecule has 6 heteroatoms. The predicted octanol–water partition coefficient (Wildman–Crippen LogP) is 1.51. The highest BCUT2D eigenvalue weighted by Gasteiger charge is 2.33. The van der Waals surface area contributed by atoms with Crippen LogP contribution in [-0.4, -0.2) is 68.6 Å². The van der Waals surface area contributed by atoms with Gasteiger partial charge in [-0.15, -0.1) is 0 Å². The van der Waals surface area contributed by atoms with Crippen molar-refractivity contribution in [2.45, 2.75) is 25.7 Å². The second kappa shape index (κ2) is 8.54. The van der Waals surface area contributed by atoms with E-state index in [4.69, 9.17) is 9.47 Å². The number of hydrogen-bond acceptors (Lipinski definition) is 4. The van der Waals surface area contributed by atoms with Crippen LogP contribution in [0.2, 0.25) is 0 Å². The first-order valence-electron chi connectivity index (χ1n) is 9.33. The number of ether oxygens (including phenoxy) is 2. The summed E-state index contributed by atoms with van der Waals surface area (Å²) in [6.45, 7) is 3.04. The summed E-state index contributed by atoms with van der Waals surface area (Å²) in [6, 6.07) is 6.17. The summed E-state index contributed by atoms with van der Waals surface area (Å²) in [6.07, 6.45) is 2.81. The van der Waals surface area contributed by atoms with Crippen molar-refractivity contribution in [3.8, 4) is 5.75 Å². The zero-order valence-corrected chi connectivity index (χ0v) is 15.7. The van der Waals surface area contributed by atoms with E-state index in [1.165, 1.54) is 11.1 Å². The predicted molar refractivity (Wildman–Crippen MR) is 98.2 cm³/mol. The number of piperidine rings is 1. The van der Waals surface area contributed by atoms with Gasteiger partial charge in [0.15, 0.2) is 0 Å². The molecule has 0 unspecified atom stereocenters. The summed E-state index contributed by atoms with van der Waals surface area (Å²) in [5, 5.41) is 0. The Morgan fingerprint density at radius 3 is 2.65 bits per heavy atom. The SMILES string of the molecule is COCCN1C[C@@H](C(=O)N2CCc3ccc(OC)cc3CC2)CCC1=O. The molecule has 1 aromatic rings. The maximum atomic E-state index is 13.0. The van der Waals surface area contributed by atoms with Gasteiger partial charge < -0.3 is 19.3 Å². The number of nitrogens with zero attached hydrogens (tertiary/aromatic N) is 2. The average Bonchev–Trinajstić information content (AvgIpc) is 2.88. The van der Waals surface area contributed by atoms with Crippen molar-refractivity contribution >= 4 is 11.8 Å². The minimum Gasteiger partial charge on any atom is -0.497 e. The van der Waals surface area contributed by atoms with Crippen LogP contribution in [0.4, 0.5) is 0 Å². The Labute approximate surface area is 155 Å². The third-order valence-corrected chi connectivity index (χ3v) is 5.44. The zero-order valence-electron chi connectivity index (χ0n) is 15.7. The van der Waals surface area contributed by atoms with Gasteiger partial charge in [-0.25, -0.2) is 0 Å². The molecule has 0 bridgehead atoms. The lowest BCUT2D eigenvalue weighted by Gasteiger charge is -2.34. The summed E-state index contributed by atoms with van der Waals surface area (Å²) in [4.78, 5) is 28.8. The van der Waals surface area contributed by atoms with Crippen LogP contribution in [-0.2, 0) is 27.2 Å². The first-order valence-corrected chi connectivity index (χ1v) is 9.33. The maximum Gasteiger partial charge on any atom is 0.227 e. The van der Waals surface area contributed by atoms with E-state index in [0.717, 1.165) is 31.7 Å². The molecule has 0 aromatic heterocycles. The number of methoxy groups -OCH3 is 2. The van der Waals surface area contributed by atoms with Gasteiger partial charge in [0.05, 0.1) is 19.6 Å². The van der Waals surface area contributed by atoms with E-state index in [1.54, 1.807) is 19.1 Å². The fourth-order valence-electron chi connectivity index (χ4n) is 3.84. The Bertz CT molecular complexity index is 661. The van der Waals surface area contributed by atoms with Crippen molar-refractivity contribution in [3.05, 3.63) is 29.3 Å². The quantitative estimate of drug-likeness (QED) is 0.799. The summed E-state index contributed by atoms with van der Waals surface area (Å²) >= 11 is 0. The summed E-state index contributed by atoms with van der Waals surface area (Å²) < 4.78 is 10.4. The lowest BCUT2D eigenvalue weighted by molar-refractivity contribution is -0.143. The van der Waals surface area contributed by atoms with Crippen molar-refractivity contribution in [1.82, 2.24) is 9.80 Å². The van der Waals surface area contributed by atoms with E-state index in [2.05, 4.69) is 12.1 Å². The third-order valence-electron chi connectivity index (χ3n) is 5.44. The Hall–Kier alpha value is -2.08. The molecule has 0 saturated carbocycles. The van der Waals surface area contributed by atoms with Crippen LogP contribution in [0.25, 0.3) is 0 Å². The van der Waals surface area contributed by atoms with E-state index in [1.807, 2.05) is 11.0 Å². The fraction of sp³-hybridized carbons (Fsp3) is 0.600. The zero-order chi connectivity index (χ0) is 18.5. The van der Waals surface area contributed by atoms with Crippen LogP contribution >= 0.6 is 0 Å². The van der Waals surface area contributed by atoms with E-state index >= 15 is 0 Å². The average molecular weight is 360 g/mol. The molecule has 0 spiro atoms. The van der Waals surface area contributed by atoms with E-state index in [0.29, 0.717) is 32.5 Å². The van der Waals surface area contributed by atoms with Gasteiger partial charge in [-0.3, -0.25) is 9.59 Å². The Kier molecular flexibility index (Phi) is 6.14. The van der Waals surface area contributed by atoms with Crippen LogP contribution in [0.3, 0.4) is 0 Å². The molecule has 1 fully saturated rings. The van der Waals surface area contributed by atoms with Gasteiger partial charge in [-0.1, -0.05) is 6.07 Å². The molecule has 1 aromatic carbocycles.